The van der Waals surface area contributed by atoms with Crippen molar-refractivity contribution in [2.75, 3.05) is 20.2 Å². The molecule has 6 nitrogen and oxygen atoms in total. The first kappa shape index (κ1) is 14.0. The van der Waals surface area contributed by atoms with Crippen LogP contribution in [-0.4, -0.2) is 52.3 Å². The Balaban J connectivity index is 2.00. The highest BCUT2D eigenvalue weighted by Gasteiger charge is 2.25. The van der Waals surface area contributed by atoms with E-state index in [0.29, 0.717) is 6.54 Å². The van der Waals surface area contributed by atoms with Gasteiger partial charge in [-0.05, 0) is 12.8 Å². The van der Waals surface area contributed by atoms with Crippen LogP contribution in [0.15, 0.2) is 0 Å². The van der Waals surface area contributed by atoms with Gasteiger partial charge in [0, 0.05) is 25.6 Å². The molecule has 1 unspecified atom stereocenters. The molecule has 1 aliphatic heterocycles. The fourth-order valence-electron chi connectivity index (χ4n) is 2.04. The third-order valence-corrected chi connectivity index (χ3v) is 3.24. The van der Waals surface area contributed by atoms with Crippen molar-refractivity contribution in [2.24, 2.45) is 0 Å². The average Bonchev–Trinajstić information content (AvgIpc) is 2.97. The first-order valence-corrected chi connectivity index (χ1v) is 6.68. The normalized spacial score (nSPS) is 19.7. The van der Waals surface area contributed by atoms with Crippen LogP contribution < -0.4 is 0 Å². The van der Waals surface area contributed by atoms with Crippen LogP contribution in [0, 0.1) is 0 Å². The Morgan fingerprint density at radius 2 is 2.26 bits per heavy atom. The van der Waals surface area contributed by atoms with E-state index in [1.165, 1.54) is 0 Å². The molecule has 2 rings (SSSR count). The second-order valence-electron chi connectivity index (χ2n) is 6.08. The molecule has 1 aromatic heterocycles. The number of nitrogens with zero attached hydrogens (tertiary/aromatic N) is 3. The van der Waals surface area contributed by atoms with E-state index in [9.17, 15) is 4.79 Å². The van der Waals surface area contributed by atoms with E-state index < -0.39 is 0 Å². The summed E-state index contributed by atoms with van der Waals surface area (Å²) < 4.78 is 5.53. The topological polar surface area (TPSA) is 71.1 Å². The zero-order valence-corrected chi connectivity index (χ0v) is 12.1. The molecule has 106 valence electrons. The van der Waals surface area contributed by atoms with Crippen molar-refractivity contribution in [2.45, 2.75) is 45.1 Å². The molecule has 0 bridgehead atoms. The number of amides is 1. The summed E-state index contributed by atoms with van der Waals surface area (Å²) in [7, 11) is 1.76. The van der Waals surface area contributed by atoms with Gasteiger partial charge in [0.25, 0.3) is 5.91 Å². The van der Waals surface area contributed by atoms with E-state index in [0.717, 1.165) is 25.3 Å². The lowest BCUT2D eigenvalue weighted by Gasteiger charge is -2.19. The van der Waals surface area contributed by atoms with E-state index >= 15 is 0 Å². The highest BCUT2D eigenvalue weighted by molar-refractivity contribution is 5.90. The van der Waals surface area contributed by atoms with Crippen LogP contribution in [0.25, 0.3) is 0 Å². The van der Waals surface area contributed by atoms with Crippen LogP contribution in [0.5, 0.6) is 0 Å². The van der Waals surface area contributed by atoms with Gasteiger partial charge in [-0.2, -0.15) is 0 Å². The van der Waals surface area contributed by atoms with Gasteiger partial charge in [0.1, 0.15) is 5.82 Å². The van der Waals surface area contributed by atoms with Gasteiger partial charge in [0.15, 0.2) is 0 Å². The lowest BCUT2D eigenvalue weighted by Crippen LogP contribution is -2.34. The monoisotopic (exact) mass is 266 g/mol. The van der Waals surface area contributed by atoms with Crippen molar-refractivity contribution >= 4 is 5.91 Å². The molecule has 6 heteroatoms. The molecular formula is C13H22N4O2. The maximum atomic E-state index is 12.2. The summed E-state index contributed by atoms with van der Waals surface area (Å²) in [5.41, 5.74) is -0.140. The first-order chi connectivity index (χ1) is 8.88. The standard InChI is InChI=1S/C13H22N4O2/c1-13(2,3)12-14-10(15-16-12)11(18)17(4)8-9-6-5-7-19-9/h9H,5-8H2,1-4H3,(H,14,15,16). The minimum atomic E-state index is -0.165. The van der Waals surface area contributed by atoms with Gasteiger partial charge in [-0.15, -0.1) is 5.10 Å². The number of carbonyl (C=O) groups excluding carboxylic acids is 1. The molecule has 1 N–H and O–H groups in total. The van der Waals surface area contributed by atoms with Gasteiger partial charge in [0.05, 0.1) is 6.10 Å². The molecular weight excluding hydrogens is 244 g/mol. The fourth-order valence-corrected chi connectivity index (χ4v) is 2.04. The predicted molar refractivity (Wildman–Crippen MR) is 71.0 cm³/mol. The van der Waals surface area contributed by atoms with E-state index in [1.807, 2.05) is 20.8 Å². The number of rotatable bonds is 3. The lowest BCUT2D eigenvalue weighted by molar-refractivity contribution is 0.0578. The van der Waals surface area contributed by atoms with Crippen LogP contribution >= 0.6 is 0 Å². The summed E-state index contributed by atoms with van der Waals surface area (Å²) in [6.07, 6.45) is 2.23. The number of ether oxygens (including phenoxy) is 1. The highest BCUT2D eigenvalue weighted by Crippen LogP contribution is 2.18. The van der Waals surface area contributed by atoms with Gasteiger partial charge in [-0.1, -0.05) is 20.8 Å². The number of hydrogen-bond donors (Lipinski definition) is 1. The van der Waals surface area contributed by atoms with Gasteiger partial charge >= 0.3 is 0 Å². The largest absolute Gasteiger partial charge is 0.376 e. The van der Waals surface area contributed by atoms with Crippen molar-refractivity contribution in [1.82, 2.24) is 20.1 Å². The summed E-state index contributed by atoms with van der Waals surface area (Å²) in [6, 6.07) is 0. The SMILES string of the molecule is CN(CC1CCCO1)C(=O)c1n[nH]c(C(C)(C)C)n1. The van der Waals surface area contributed by atoms with Crippen LogP contribution in [0.3, 0.4) is 0 Å². The van der Waals surface area contributed by atoms with Gasteiger partial charge in [0.2, 0.25) is 5.82 Å². The molecule has 1 aromatic rings. The third kappa shape index (κ3) is 3.32. The Kier molecular flexibility index (Phi) is 3.89. The maximum Gasteiger partial charge on any atom is 0.293 e. The maximum absolute atomic E-state index is 12.2. The van der Waals surface area contributed by atoms with E-state index in [4.69, 9.17) is 4.74 Å². The van der Waals surface area contributed by atoms with Crippen LogP contribution in [0.4, 0.5) is 0 Å². The number of aromatic nitrogens is 3. The highest BCUT2D eigenvalue weighted by atomic mass is 16.5. The number of nitrogens with one attached hydrogen (secondary N) is 1. The average molecular weight is 266 g/mol. The fraction of sp³-hybridized carbons (Fsp3) is 0.769. The molecule has 1 saturated heterocycles. The summed E-state index contributed by atoms with van der Waals surface area (Å²) in [4.78, 5) is 18.1. The molecule has 0 aromatic carbocycles. The number of likely N-dealkylation sites (N-methyl/N-ethyl adjacent to an activating group) is 1. The zero-order valence-electron chi connectivity index (χ0n) is 12.1. The van der Waals surface area contributed by atoms with Gasteiger partial charge in [-0.25, -0.2) is 4.98 Å². The zero-order chi connectivity index (χ0) is 14.0. The Morgan fingerprint density at radius 1 is 1.53 bits per heavy atom. The molecule has 1 atom stereocenters. The van der Waals surface area contributed by atoms with Crippen molar-refractivity contribution < 1.29 is 9.53 Å². The number of carbonyl (C=O) groups is 1. The predicted octanol–water partition coefficient (Wildman–Crippen LogP) is 1.35. The summed E-state index contributed by atoms with van der Waals surface area (Å²) in [6.45, 7) is 7.47. The Hall–Kier alpha value is -1.43. The smallest absolute Gasteiger partial charge is 0.293 e. The molecule has 1 amide bonds. The molecule has 2 heterocycles. The molecule has 19 heavy (non-hydrogen) atoms. The molecule has 0 saturated carbocycles. The Labute approximate surface area is 113 Å². The summed E-state index contributed by atoms with van der Waals surface area (Å²) >= 11 is 0. The number of H-pyrrole nitrogens is 1. The van der Waals surface area contributed by atoms with Gasteiger partial charge in [-0.3, -0.25) is 9.89 Å². The number of aromatic amines is 1. The van der Waals surface area contributed by atoms with Crippen molar-refractivity contribution in [3.8, 4) is 0 Å². The van der Waals surface area contributed by atoms with E-state index in [1.54, 1.807) is 11.9 Å². The second kappa shape index (κ2) is 5.28. The molecule has 1 aliphatic rings. The molecule has 0 radical (unpaired) electrons. The minimum absolute atomic E-state index is 0.140. The van der Waals surface area contributed by atoms with Gasteiger partial charge < -0.3 is 9.64 Å². The summed E-state index contributed by atoms with van der Waals surface area (Å²) in [5.74, 6) is 0.786. The Morgan fingerprint density at radius 3 is 2.79 bits per heavy atom. The minimum Gasteiger partial charge on any atom is -0.376 e. The van der Waals surface area contributed by atoms with Crippen LogP contribution in [-0.2, 0) is 10.2 Å². The molecule has 0 aliphatic carbocycles. The first-order valence-electron chi connectivity index (χ1n) is 6.68. The second-order valence-corrected chi connectivity index (χ2v) is 6.08. The van der Waals surface area contributed by atoms with E-state index in [-0.39, 0.29) is 23.3 Å². The lowest BCUT2D eigenvalue weighted by atomic mass is 9.96. The van der Waals surface area contributed by atoms with Crippen molar-refractivity contribution in [3.63, 3.8) is 0 Å². The quantitative estimate of drug-likeness (QED) is 0.896. The van der Waals surface area contributed by atoms with E-state index in [2.05, 4.69) is 15.2 Å². The molecule has 0 spiro atoms. The molecule has 1 fully saturated rings. The van der Waals surface area contributed by atoms with Crippen molar-refractivity contribution in [3.05, 3.63) is 11.6 Å². The number of hydrogen-bond acceptors (Lipinski definition) is 4. The Bertz CT molecular complexity index is 444. The van der Waals surface area contributed by atoms with Crippen molar-refractivity contribution in [1.29, 1.82) is 0 Å². The van der Waals surface area contributed by atoms with Crippen LogP contribution in [0.2, 0.25) is 0 Å². The van der Waals surface area contributed by atoms with Crippen LogP contribution in [0.1, 0.15) is 50.1 Å². The summed E-state index contributed by atoms with van der Waals surface area (Å²) in [5, 5.41) is 6.85. The third-order valence-electron chi connectivity index (χ3n) is 3.24.